The standard InChI is InChI=1S/C17H28N4O2/c1-16(2)9-13(10-17(3,4)21-16)20-15(22)19-11-12-6-7-18-14(8-12)23-5/h6-8,13,21H,9-11H2,1-5H3,(H2,19,20,22). The summed E-state index contributed by atoms with van der Waals surface area (Å²) >= 11 is 0. The van der Waals surface area contributed by atoms with Crippen molar-refractivity contribution in [2.24, 2.45) is 0 Å². The van der Waals surface area contributed by atoms with Crippen LogP contribution in [0.2, 0.25) is 0 Å². The van der Waals surface area contributed by atoms with Gasteiger partial charge in [0.15, 0.2) is 0 Å². The second kappa shape index (κ2) is 6.74. The maximum absolute atomic E-state index is 12.2. The molecule has 0 bridgehead atoms. The highest BCUT2D eigenvalue weighted by Gasteiger charge is 2.38. The lowest BCUT2D eigenvalue weighted by Crippen LogP contribution is -2.62. The highest BCUT2D eigenvalue weighted by molar-refractivity contribution is 5.74. The van der Waals surface area contributed by atoms with E-state index in [1.165, 1.54) is 0 Å². The Morgan fingerprint density at radius 1 is 1.35 bits per heavy atom. The summed E-state index contributed by atoms with van der Waals surface area (Å²) in [7, 11) is 1.58. The summed E-state index contributed by atoms with van der Waals surface area (Å²) in [4.78, 5) is 16.2. The second-order valence-corrected chi connectivity index (χ2v) is 7.53. The summed E-state index contributed by atoms with van der Waals surface area (Å²) in [6.07, 6.45) is 3.49. The van der Waals surface area contributed by atoms with Gasteiger partial charge in [0.1, 0.15) is 0 Å². The van der Waals surface area contributed by atoms with Crippen LogP contribution >= 0.6 is 0 Å². The summed E-state index contributed by atoms with van der Waals surface area (Å²) in [5, 5.41) is 9.60. The molecule has 1 aromatic heterocycles. The van der Waals surface area contributed by atoms with Gasteiger partial charge in [-0.05, 0) is 52.2 Å². The van der Waals surface area contributed by atoms with Gasteiger partial charge in [0, 0.05) is 35.9 Å². The molecule has 0 saturated carbocycles. The minimum Gasteiger partial charge on any atom is -0.481 e. The van der Waals surface area contributed by atoms with Crippen molar-refractivity contribution in [3.63, 3.8) is 0 Å². The van der Waals surface area contributed by atoms with Crippen LogP contribution in [-0.4, -0.2) is 35.2 Å². The number of methoxy groups -OCH3 is 1. The smallest absolute Gasteiger partial charge is 0.315 e. The van der Waals surface area contributed by atoms with Crippen LogP contribution in [0.1, 0.15) is 46.1 Å². The Morgan fingerprint density at radius 3 is 2.61 bits per heavy atom. The summed E-state index contributed by atoms with van der Waals surface area (Å²) in [6.45, 7) is 9.13. The number of urea groups is 1. The molecule has 1 aliphatic heterocycles. The number of nitrogens with zero attached hydrogens (tertiary/aromatic N) is 1. The van der Waals surface area contributed by atoms with Gasteiger partial charge < -0.3 is 20.7 Å². The predicted molar refractivity (Wildman–Crippen MR) is 90.5 cm³/mol. The van der Waals surface area contributed by atoms with Crippen molar-refractivity contribution in [1.82, 2.24) is 20.9 Å². The Morgan fingerprint density at radius 2 is 2.00 bits per heavy atom. The Bertz CT molecular complexity index is 541. The summed E-state index contributed by atoms with van der Waals surface area (Å²) in [5.41, 5.74) is 0.981. The topological polar surface area (TPSA) is 75.3 Å². The largest absolute Gasteiger partial charge is 0.481 e. The maximum Gasteiger partial charge on any atom is 0.315 e. The van der Waals surface area contributed by atoms with Gasteiger partial charge in [-0.1, -0.05) is 0 Å². The molecule has 23 heavy (non-hydrogen) atoms. The van der Waals surface area contributed by atoms with E-state index in [-0.39, 0.29) is 23.2 Å². The quantitative estimate of drug-likeness (QED) is 0.795. The predicted octanol–water partition coefficient (Wildman–Crippen LogP) is 2.20. The number of pyridine rings is 1. The fraction of sp³-hybridized carbons (Fsp3) is 0.647. The number of amides is 2. The van der Waals surface area contributed by atoms with Crippen molar-refractivity contribution >= 4 is 6.03 Å². The third kappa shape index (κ3) is 5.39. The Balaban J connectivity index is 1.87. The van der Waals surface area contributed by atoms with Gasteiger partial charge in [0.05, 0.1) is 7.11 Å². The maximum atomic E-state index is 12.2. The average Bonchev–Trinajstić information content (AvgIpc) is 2.42. The van der Waals surface area contributed by atoms with Crippen molar-refractivity contribution in [3.05, 3.63) is 23.9 Å². The zero-order valence-corrected chi connectivity index (χ0v) is 14.7. The van der Waals surface area contributed by atoms with Crippen LogP contribution in [0.15, 0.2) is 18.3 Å². The molecular weight excluding hydrogens is 292 g/mol. The van der Waals surface area contributed by atoms with Crippen molar-refractivity contribution in [1.29, 1.82) is 0 Å². The Hall–Kier alpha value is -1.82. The first-order valence-electron chi connectivity index (χ1n) is 8.02. The fourth-order valence-corrected chi connectivity index (χ4v) is 3.52. The van der Waals surface area contributed by atoms with E-state index in [0.29, 0.717) is 12.4 Å². The monoisotopic (exact) mass is 320 g/mol. The summed E-state index contributed by atoms with van der Waals surface area (Å²) < 4.78 is 5.08. The van der Waals surface area contributed by atoms with Crippen LogP contribution < -0.4 is 20.7 Å². The molecule has 6 heteroatoms. The summed E-state index contributed by atoms with van der Waals surface area (Å²) in [6, 6.07) is 3.70. The van der Waals surface area contributed by atoms with E-state index in [9.17, 15) is 4.79 Å². The highest BCUT2D eigenvalue weighted by atomic mass is 16.5. The van der Waals surface area contributed by atoms with Gasteiger partial charge in [-0.15, -0.1) is 0 Å². The number of carbonyl (C=O) groups excluding carboxylic acids is 1. The molecule has 0 unspecified atom stereocenters. The highest BCUT2D eigenvalue weighted by Crippen LogP contribution is 2.28. The van der Waals surface area contributed by atoms with Gasteiger partial charge >= 0.3 is 6.03 Å². The van der Waals surface area contributed by atoms with E-state index in [1.54, 1.807) is 13.3 Å². The van der Waals surface area contributed by atoms with Crippen molar-refractivity contribution in [2.75, 3.05) is 7.11 Å². The molecule has 0 atom stereocenters. The first kappa shape index (κ1) is 17.5. The molecule has 0 aliphatic carbocycles. The Labute approximate surface area is 138 Å². The third-order valence-electron chi connectivity index (χ3n) is 3.99. The molecule has 1 aromatic rings. The van der Waals surface area contributed by atoms with E-state index in [0.717, 1.165) is 18.4 Å². The molecule has 2 heterocycles. The molecule has 1 fully saturated rings. The second-order valence-electron chi connectivity index (χ2n) is 7.53. The van der Waals surface area contributed by atoms with Crippen molar-refractivity contribution in [3.8, 4) is 5.88 Å². The first-order valence-corrected chi connectivity index (χ1v) is 8.02. The van der Waals surface area contributed by atoms with E-state index >= 15 is 0 Å². The van der Waals surface area contributed by atoms with Crippen molar-refractivity contribution < 1.29 is 9.53 Å². The number of nitrogens with one attached hydrogen (secondary N) is 3. The molecule has 2 rings (SSSR count). The zero-order chi connectivity index (χ0) is 17.1. The minimum atomic E-state index is -0.140. The van der Waals surface area contributed by atoms with E-state index < -0.39 is 0 Å². The molecule has 0 spiro atoms. The molecule has 128 valence electrons. The van der Waals surface area contributed by atoms with Gasteiger partial charge in [-0.2, -0.15) is 0 Å². The van der Waals surface area contributed by atoms with Gasteiger partial charge in [-0.3, -0.25) is 0 Å². The third-order valence-corrected chi connectivity index (χ3v) is 3.99. The van der Waals surface area contributed by atoms with Crippen LogP contribution in [0.5, 0.6) is 5.88 Å². The van der Waals surface area contributed by atoms with Crippen LogP contribution in [0, 0.1) is 0 Å². The first-order chi connectivity index (χ1) is 10.7. The van der Waals surface area contributed by atoms with E-state index in [1.807, 2.05) is 12.1 Å². The minimum absolute atomic E-state index is 0.0121. The molecule has 6 nitrogen and oxygen atoms in total. The molecular formula is C17H28N4O2. The van der Waals surface area contributed by atoms with Gasteiger partial charge in [0.2, 0.25) is 5.88 Å². The number of hydrogen-bond acceptors (Lipinski definition) is 4. The van der Waals surface area contributed by atoms with Crippen LogP contribution in [0.3, 0.4) is 0 Å². The summed E-state index contributed by atoms with van der Waals surface area (Å²) in [5.74, 6) is 0.548. The van der Waals surface area contributed by atoms with Crippen LogP contribution in [-0.2, 0) is 6.54 Å². The van der Waals surface area contributed by atoms with Crippen molar-refractivity contribution in [2.45, 2.75) is 64.2 Å². The molecule has 0 radical (unpaired) electrons. The number of ether oxygens (including phenoxy) is 1. The SMILES string of the molecule is COc1cc(CNC(=O)NC2CC(C)(C)NC(C)(C)C2)ccn1. The van der Waals surface area contributed by atoms with Gasteiger partial charge in [-0.25, -0.2) is 9.78 Å². The number of carbonyl (C=O) groups is 1. The Kier molecular flexibility index (Phi) is 5.14. The van der Waals surface area contributed by atoms with Crippen LogP contribution in [0.4, 0.5) is 4.79 Å². The van der Waals surface area contributed by atoms with Gasteiger partial charge in [0.25, 0.3) is 0 Å². The van der Waals surface area contributed by atoms with E-state index in [2.05, 4.69) is 48.6 Å². The van der Waals surface area contributed by atoms with E-state index in [4.69, 9.17) is 4.74 Å². The zero-order valence-electron chi connectivity index (χ0n) is 14.7. The normalized spacial score (nSPS) is 19.9. The molecule has 2 amide bonds. The fourth-order valence-electron chi connectivity index (χ4n) is 3.52. The lowest BCUT2D eigenvalue weighted by Gasteiger charge is -2.46. The number of hydrogen-bond donors (Lipinski definition) is 3. The lowest BCUT2D eigenvalue weighted by molar-refractivity contribution is 0.147. The van der Waals surface area contributed by atoms with Crippen LogP contribution in [0.25, 0.3) is 0 Å². The lowest BCUT2D eigenvalue weighted by atomic mass is 9.80. The average molecular weight is 320 g/mol. The molecule has 1 saturated heterocycles. The number of aromatic nitrogens is 1. The number of rotatable bonds is 4. The molecule has 1 aliphatic rings. The number of piperidine rings is 1. The molecule has 3 N–H and O–H groups in total. The molecule has 0 aromatic carbocycles.